The average Bonchev–Trinajstić information content (AvgIpc) is 3.36. The standard InChI is InChI=1S/C20H14ClN4O4PS2/c1-25-7-6-22-20(25)31-16-9-12(18(26)24-19-23-11-17(21)32-19)8-14(10-16)29-13-2-4-15(5-3-13)30(27)28/h2-11H,1H3,(H,23,24,26)/p-1. The highest BCUT2D eigenvalue weighted by Crippen LogP contribution is 2.33. The van der Waals surface area contributed by atoms with Crippen LogP contribution in [-0.4, -0.2) is 20.4 Å². The smallest absolute Gasteiger partial charge is 0.348 e. The van der Waals surface area contributed by atoms with Gasteiger partial charge in [0.2, 0.25) is 5.13 Å². The molecule has 2 aromatic heterocycles. The number of ether oxygens (including phenoxy) is 1. The summed E-state index contributed by atoms with van der Waals surface area (Å²) in [5, 5.41) is 13.9. The summed E-state index contributed by atoms with van der Waals surface area (Å²) in [4.78, 5) is 24.1. The summed E-state index contributed by atoms with van der Waals surface area (Å²) < 4.78 is 19.3. The highest BCUT2D eigenvalue weighted by molar-refractivity contribution is 7.99. The summed E-state index contributed by atoms with van der Waals surface area (Å²) >= 11 is 8.33. The van der Waals surface area contributed by atoms with Crippen molar-refractivity contribution in [3.05, 3.63) is 71.0 Å². The van der Waals surface area contributed by atoms with Gasteiger partial charge in [0, 0.05) is 24.3 Å². The fourth-order valence-corrected chi connectivity index (χ4v) is 4.64. The van der Waals surface area contributed by atoms with Crippen molar-refractivity contribution in [1.29, 1.82) is 0 Å². The molecule has 1 unspecified atom stereocenters. The first-order valence-electron chi connectivity index (χ1n) is 8.97. The van der Waals surface area contributed by atoms with Crippen molar-refractivity contribution in [2.45, 2.75) is 10.1 Å². The van der Waals surface area contributed by atoms with Gasteiger partial charge < -0.3 is 19.3 Å². The van der Waals surface area contributed by atoms with Crippen molar-refractivity contribution >= 4 is 59.1 Å². The molecular formula is C20H13ClN4O4PS2-. The van der Waals surface area contributed by atoms with E-state index in [0.717, 1.165) is 16.5 Å². The van der Waals surface area contributed by atoms with Gasteiger partial charge in [-0.05, 0) is 53.9 Å². The highest BCUT2D eigenvalue weighted by atomic mass is 35.5. The molecule has 0 fully saturated rings. The summed E-state index contributed by atoms with van der Waals surface area (Å²) in [6.45, 7) is 0. The van der Waals surface area contributed by atoms with Crippen molar-refractivity contribution in [2.75, 3.05) is 0 Å². The second-order valence-electron chi connectivity index (χ2n) is 6.33. The van der Waals surface area contributed by atoms with E-state index in [2.05, 4.69) is 15.0 Å². The third kappa shape index (κ3) is 5.53. The molecule has 0 spiro atoms. The number of aliphatic imine (C=N–C) groups is 1. The molecule has 0 radical (unpaired) electrons. The SMILES string of the molecule is Cn1ccnc1Sc1cc(Oc2ccc([P+](=O)[O-])cc2)cc(/C([O-])=N/c2ncc(Cl)s2)c1. The third-order valence-electron chi connectivity index (χ3n) is 4.06. The van der Waals surface area contributed by atoms with E-state index >= 15 is 0 Å². The van der Waals surface area contributed by atoms with Gasteiger partial charge in [0.1, 0.15) is 15.8 Å². The maximum Gasteiger partial charge on any atom is 0.348 e. The lowest BCUT2D eigenvalue weighted by Gasteiger charge is -2.14. The Morgan fingerprint density at radius 3 is 2.62 bits per heavy atom. The van der Waals surface area contributed by atoms with E-state index in [-0.39, 0.29) is 10.4 Å². The van der Waals surface area contributed by atoms with Gasteiger partial charge in [0.05, 0.1) is 6.20 Å². The number of halogens is 1. The van der Waals surface area contributed by atoms with Gasteiger partial charge in [0.15, 0.2) is 10.5 Å². The van der Waals surface area contributed by atoms with Crippen LogP contribution in [0, 0.1) is 0 Å². The summed E-state index contributed by atoms with van der Waals surface area (Å²) in [5.41, 5.74) is 0.296. The molecule has 12 heteroatoms. The lowest BCUT2D eigenvalue weighted by atomic mass is 10.2. The fraction of sp³-hybridized carbons (Fsp3) is 0.0500. The zero-order chi connectivity index (χ0) is 22.7. The maximum atomic E-state index is 12.8. The predicted octanol–water partition coefficient (Wildman–Crippen LogP) is 3.64. The van der Waals surface area contributed by atoms with Crippen LogP contribution in [0.4, 0.5) is 5.13 Å². The Labute approximate surface area is 197 Å². The normalized spacial score (nSPS) is 12.1. The average molecular weight is 504 g/mol. The van der Waals surface area contributed by atoms with Crippen LogP contribution in [0.1, 0.15) is 5.56 Å². The van der Waals surface area contributed by atoms with Gasteiger partial charge in [-0.3, -0.25) is 0 Å². The first-order valence-corrected chi connectivity index (χ1v) is 12.2. The Hall–Kier alpha value is -2.75. The maximum absolute atomic E-state index is 12.8. The fourth-order valence-electron chi connectivity index (χ4n) is 2.59. The van der Waals surface area contributed by atoms with Crippen LogP contribution in [0.15, 0.2) is 76.1 Å². The van der Waals surface area contributed by atoms with Crippen molar-refractivity contribution < 1.29 is 19.3 Å². The van der Waals surface area contributed by atoms with Gasteiger partial charge in [-0.2, -0.15) is 0 Å². The Morgan fingerprint density at radius 1 is 1.22 bits per heavy atom. The number of nitrogens with zero attached hydrogens (tertiary/aromatic N) is 4. The molecule has 4 aromatic rings. The van der Waals surface area contributed by atoms with Gasteiger partial charge in [-0.1, -0.05) is 39.3 Å². The molecule has 32 heavy (non-hydrogen) atoms. The molecule has 0 amide bonds. The molecule has 8 nitrogen and oxygen atoms in total. The van der Waals surface area contributed by atoms with Gasteiger partial charge in [0.25, 0.3) is 0 Å². The van der Waals surface area contributed by atoms with Crippen molar-refractivity contribution in [3.8, 4) is 11.5 Å². The molecule has 2 heterocycles. The van der Waals surface area contributed by atoms with Crippen LogP contribution < -0.4 is 20.0 Å². The zero-order valence-corrected chi connectivity index (χ0v) is 19.6. The van der Waals surface area contributed by atoms with E-state index < -0.39 is 13.9 Å². The molecule has 4 rings (SSSR count). The largest absolute Gasteiger partial charge is 0.858 e. The minimum absolute atomic E-state index is 0.184. The second-order valence-corrected chi connectivity index (χ2v) is 10.0. The summed E-state index contributed by atoms with van der Waals surface area (Å²) in [6.07, 6.45) is 4.93. The van der Waals surface area contributed by atoms with Crippen LogP contribution in [0.25, 0.3) is 0 Å². The predicted molar refractivity (Wildman–Crippen MR) is 121 cm³/mol. The molecule has 2 aromatic carbocycles. The molecule has 0 aliphatic carbocycles. The van der Waals surface area contributed by atoms with Crippen molar-refractivity contribution in [3.63, 3.8) is 0 Å². The van der Waals surface area contributed by atoms with E-state index in [9.17, 15) is 14.6 Å². The Kier molecular flexibility index (Phi) is 6.88. The van der Waals surface area contributed by atoms with Gasteiger partial charge >= 0.3 is 8.03 Å². The Morgan fingerprint density at radius 2 is 2.00 bits per heavy atom. The number of thiazole rings is 1. The number of hydrogen-bond acceptors (Lipinski definition) is 9. The topological polar surface area (TPSA) is 115 Å². The number of aryl methyl sites for hydroxylation is 1. The highest BCUT2D eigenvalue weighted by Gasteiger charge is 2.11. The van der Waals surface area contributed by atoms with E-state index in [0.29, 0.717) is 26.3 Å². The number of benzene rings is 2. The number of imidazole rings is 1. The van der Waals surface area contributed by atoms with Crippen LogP contribution in [0.2, 0.25) is 4.34 Å². The molecule has 0 aliphatic rings. The summed E-state index contributed by atoms with van der Waals surface area (Å²) in [6, 6.07) is 11.0. The monoisotopic (exact) mass is 503 g/mol. The number of rotatable bonds is 7. The second kappa shape index (κ2) is 9.81. The van der Waals surface area contributed by atoms with Crippen LogP contribution in [0.3, 0.4) is 0 Å². The van der Waals surface area contributed by atoms with Gasteiger partial charge in [-0.25, -0.2) is 15.0 Å². The molecule has 0 aliphatic heterocycles. The number of aromatic nitrogens is 3. The first kappa shape index (κ1) is 22.4. The quantitative estimate of drug-likeness (QED) is 0.215. The number of hydrogen-bond donors (Lipinski definition) is 0. The summed E-state index contributed by atoms with van der Waals surface area (Å²) in [5.74, 6) is 0.313. The van der Waals surface area contributed by atoms with Crippen LogP contribution >= 0.6 is 42.7 Å². The van der Waals surface area contributed by atoms with Crippen LogP contribution in [0.5, 0.6) is 11.5 Å². The van der Waals surface area contributed by atoms with Crippen LogP contribution in [-0.2, 0) is 11.6 Å². The molecule has 0 bridgehead atoms. The molecule has 1 atom stereocenters. The van der Waals surface area contributed by atoms with Gasteiger partial charge in [-0.15, -0.1) is 0 Å². The third-order valence-corrected chi connectivity index (χ3v) is 6.83. The lowest BCUT2D eigenvalue weighted by molar-refractivity contribution is -0.212. The minimum atomic E-state index is -2.68. The molecule has 0 N–H and O–H groups in total. The van der Waals surface area contributed by atoms with Crippen molar-refractivity contribution in [2.24, 2.45) is 12.0 Å². The van der Waals surface area contributed by atoms with E-state index in [1.54, 1.807) is 36.5 Å². The minimum Gasteiger partial charge on any atom is -0.858 e. The Balaban J connectivity index is 1.68. The van der Waals surface area contributed by atoms with E-state index in [1.807, 2.05) is 17.8 Å². The zero-order valence-electron chi connectivity index (χ0n) is 16.3. The summed E-state index contributed by atoms with van der Waals surface area (Å²) in [7, 11) is -0.809. The molecule has 162 valence electrons. The van der Waals surface area contributed by atoms with E-state index in [4.69, 9.17) is 16.3 Å². The van der Waals surface area contributed by atoms with Crippen molar-refractivity contribution in [1.82, 2.24) is 14.5 Å². The Bertz CT molecular complexity index is 1310. The molecular weight excluding hydrogens is 491 g/mol. The lowest BCUT2D eigenvalue weighted by Crippen LogP contribution is -2.18. The molecule has 0 saturated heterocycles. The van der Waals surface area contributed by atoms with E-state index in [1.165, 1.54) is 30.1 Å². The first-order chi connectivity index (χ1) is 15.4. The molecule has 0 saturated carbocycles.